The predicted octanol–water partition coefficient (Wildman–Crippen LogP) is 2.82. The van der Waals surface area contributed by atoms with Gasteiger partial charge in [-0.05, 0) is 44.9 Å². The van der Waals surface area contributed by atoms with Crippen molar-refractivity contribution in [2.24, 2.45) is 16.8 Å². The Bertz CT molecular complexity index is 501. The largest absolute Gasteiger partial charge is 0.375 e. The van der Waals surface area contributed by atoms with E-state index in [4.69, 9.17) is 9.47 Å². The zero-order valence-corrected chi connectivity index (χ0v) is 20.8. The monoisotopic (exact) mass is 508 g/mol. The normalized spacial score (nSPS) is 32.9. The molecule has 7 heteroatoms. The SMILES string of the molecule is CN=C(NCC(C)(C)N1CC(C)CC(C)C1)N1CCOC(C2CCCO2)C1.I. The molecule has 3 rings (SSSR count). The number of nitrogens with zero attached hydrogens (tertiary/aromatic N) is 3. The second kappa shape index (κ2) is 10.8. The topological polar surface area (TPSA) is 49.3 Å². The van der Waals surface area contributed by atoms with E-state index in [1.165, 1.54) is 19.5 Å². The smallest absolute Gasteiger partial charge is 0.193 e. The number of piperidine rings is 1. The van der Waals surface area contributed by atoms with Crippen LogP contribution >= 0.6 is 24.0 Å². The lowest BCUT2D eigenvalue weighted by molar-refractivity contribution is -0.0818. The second-order valence-electron chi connectivity index (χ2n) is 9.47. The molecular weight excluding hydrogens is 467 g/mol. The third-order valence-electron chi connectivity index (χ3n) is 6.39. The summed E-state index contributed by atoms with van der Waals surface area (Å²) in [6.45, 7) is 16.1. The van der Waals surface area contributed by atoms with E-state index in [-0.39, 0.29) is 41.7 Å². The van der Waals surface area contributed by atoms with Gasteiger partial charge in [-0.1, -0.05) is 13.8 Å². The fourth-order valence-electron chi connectivity index (χ4n) is 4.89. The van der Waals surface area contributed by atoms with Crippen molar-refractivity contribution in [1.29, 1.82) is 0 Å². The van der Waals surface area contributed by atoms with Crippen molar-refractivity contribution in [1.82, 2.24) is 15.1 Å². The first kappa shape index (κ1) is 24.2. The predicted molar refractivity (Wildman–Crippen MR) is 126 cm³/mol. The van der Waals surface area contributed by atoms with Crippen LogP contribution in [-0.4, -0.2) is 86.5 Å². The molecule has 4 atom stereocenters. The summed E-state index contributed by atoms with van der Waals surface area (Å²) in [5, 5.41) is 3.66. The van der Waals surface area contributed by atoms with E-state index in [0.717, 1.165) is 63.5 Å². The van der Waals surface area contributed by atoms with Crippen LogP contribution in [-0.2, 0) is 9.47 Å². The van der Waals surface area contributed by atoms with Gasteiger partial charge in [0.05, 0.1) is 12.7 Å². The molecule has 28 heavy (non-hydrogen) atoms. The lowest BCUT2D eigenvalue weighted by Gasteiger charge is -2.46. The molecule has 3 heterocycles. The number of guanidine groups is 1. The number of aliphatic imine (C=N–C) groups is 1. The summed E-state index contributed by atoms with van der Waals surface area (Å²) < 4.78 is 11.8. The van der Waals surface area contributed by atoms with Crippen LogP contribution in [0.3, 0.4) is 0 Å². The Morgan fingerprint density at radius 2 is 1.75 bits per heavy atom. The molecule has 3 aliphatic rings. The highest BCUT2D eigenvalue weighted by atomic mass is 127. The number of rotatable bonds is 4. The van der Waals surface area contributed by atoms with Gasteiger partial charge in [0.15, 0.2) is 5.96 Å². The van der Waals surface area contributed by atoms with Crippen LogP contribution < -0.4 is 5.32 Å². The Kier molecular flexibility index (Phi) is 9.29. The molecule has 0 amide bonds. The zero-order valence-electron chi connectivity index (χ0n) is 18.4. The van der Waals surface area contributed by atoms with Gasteiger partial charge in [-0.15, -0.1) is 24.0 Å². The lowest BCUT2D eigenvalue weighted by atomic mass is 9.88. The summed E-state index contributed by atoms with van der Waals surface area (Å²) in [6.07, 6.45) is 4.02. The van der Waals surface area contributed by atoms with Crippen LogP contribution in [0.1, 0.15) is 47.0 Å². The number of nitrogens with one attached hydrogen (secondary N) is 1. The first-order chi connectivity index (χ1) is 12.9. The average molecular weight is 508 g/mol. The third-order valence-corrected chi connectivity index (χ3v) is 6.39. The highest BCUT2D eigenvalue weighted by Gasteiger charge is 2.35. The van der Waals surface area contributed by atoms with E-state index in [2.05, 4.69) is 47.8 Å². The maximum Gasteiger partial charge on any atom is 0.193 e. The Balaban J connectivity index is 0.00000280. The molecule has 3 saturated heterocycles. The molecule has 0 aromatic carbocycles. The van der Waals surface area contributed by atoms with E-state index in [0.29, 0.717) is 0 Å². The van der Waals surface area contributed by atoms with Gasteiger partial charge in [0.1, 0.15) is 6.10 Å². The first-order valence-corrected chi connectivity index (χ1v) is 10.8. The number of likely N-dealkylation sites (tertiary alicyclic amines) is 1. The number of hydrogen-bond acceptors (Lipinski definition) is 4. The van der Waals surface area contributed by atoms with E-state index in [1.54, 1.807) is 0 Å². The number of hydrogen-bond donors (Lipinski definition) is 1. The summed E-state index contributed by atoms with van der Waals surface area (Å²) in [6, 6.07) is 0. The molecule has 0 aromatic rings. The van der Waals surface area contributed by atoms with Crippen molar-refractivity contribution in [2.75, 3.05) is 53.0 Å². The molecule has 0 spiro atoms. The molecule has 4 unspecified atom stereocenters. The maximum atomic E-state index is 5.99. The quantitative estimate of drug-likeness (QED) is 0.360. The number of halogens is 1. The molecule has 3 aliphatic heterocycles. The molecule has 6 nitrogen and oxygen atoms in total. The summed E-state index contributed by atoms with van der Waals surface area (Å²) in [5.74, 6) is 2.55. The van der Waals surface area contributed by atoms with Gasteiger partial charge in [0, 0.05) is 51.9 Å². The van der Waals surface area contributed by atoms with E-state index >= 15 is 0 Å². The van der Waals surface area contributed by atoms with Gasteiger partial charge in [0.2, 0.25) is 0 Å². The van der Waals surface area contributed by atoms with Gasteiger partial charge in [0.25, 0.3) is 0 Å². The lowest BCUT2D eigenvalue weighted by Crippen LogP contribution is -2.59. The van der Waals surface area contributed by atoms with Crippen LogP contribution in [0.4, 0.5) is 0 Å². The van der Waals surface area contributed by atoms with Crippen molar-refractivity contribution in [2.45, 2.75) is 64.7 Å². The minimum absolute atomic E-state index is 0. The Morgan fingerprint density at radius 3 is 2.36 bits per heavy atom. The van der Waals surface area contributed by atoms with E-state index in [9.17, 15) is 0 Å². The van der Waals surface area contributed by atoms with Crippen molar-refractivity contribution in [3.05, 3.63) is 0 Å². The fraction of sp³-hybridized carbons (Fsp3) is 0.952. The van der Waals surface area contributed by atoms with Gasteiger partial charge in [-0.25, -0.2) is 0 Å². The molecule has 1 N–H and O–H groups in total. The summed E-state index contributed by atoms with van der Waals surface area (Å²) in [5.41, 5.74) is 0.110. The van der Waals surface area contributed by atoms with Crippen molar-refractivity contribution < 1.29 is 9.47 Å². The zero-order chi connectivity index (χ0) is 19.4. The third kappa shape index (κ3) is 6.19. The second-order valence-corrected chi connectivity index (χ2v) is 9.47. The fourth-order valence-corrected chi connectivity index (χ4v) is 4.89. The van der Waals surface area contributed by atoms with Crippen molar-refractivity contribution in [3.63, 3.8) is 0 Å². The molecule has 0 bridgehead atoms. The summed E-state index contributed by atoms with van der Waals surface area (Å²) >= 11 is 0. The van der Waals surface area contributed by atoms with Gasteiger partial charge in [-0.3, -0.25) is 9.89 Å². The standard InChI is InChI=1S/C21H40N4O2.HI/c1-16-11-17(2)13-25(12-16)21(3,4)15-23-20(22-5)24-8-10-27-19(14-24)18-7-6-9-26-18;/h16-19H,6-15H2,1-5H3,(H,22,23);1H. The van der Waals surface area contributed by atoms with Crippen LogP contribution in [0.25, 0.3) is 0 Å². The molecule has 0 radical (unpaired) electrons. The Labute approximate surface area is 188 Å². The van der Waals surface area contributed by atoms with Crippen molar-refractivity contribution in [3.8, 4) is 0 Å². The molecule has 0 saturated carbocycles. The van der Waals surface area contributed by atoms with Crippen LogP contribution in [0.15, 0.2) is 4.99 Å². The van der Waals surface area contributed by atoms with Crippen LogP contribution in [0.5, 0.6) is 0 Å². The van der Waals surface area contributed by atoms with Crippen molar-refractivity contribution >= 4 is 29.9 Å². The van der Waals surface area contributed by atoms with Crippen LogP contribution in [0.2, 0.25) is 0 Å². The highest BCUT2D eigenvalue weighted by Crippen LogP contribution is 2.27. The minimum atomic E-state index is 0. The van der Waals surface area contributed by atoms with Gasteiger partial charge < -0.3 is 19.7 Å². The minimum Gasteiger partial charge on any atom is -0.375 e. The number of morpholine rings is 1. The molecule has 3 fully saturated rings. The van der Waals surface area contributed by atoms with Crippen LogP contribution in [0, 0.1) is 11.8 Å². The first-order valence-electron chi connectivity index (χ1n) is 10.8. The Hall–Kier alpha value is -0.120. The maximum absolute atomic E-state index is 5.99. The van der Waals surface area contributed by atoms with Gasteiger partial charge in [-0.2, -0.15) is 0 Å². The van der Waals surface area contributed by atoms with E-state index in [1.807, 2.05) is 7.05 Å². The molecular formula is C21H41IN4O2. The average Bonchev–Trinajstić information content (AvgIpc) is 3.16. The summed E-state index contributed by atoms with van der Waals surface area (Å²) in [7, 11) is 1.89. The summed E-state index contributed by atoms with van der Waals surface area (Å²) in [4.78, 5) is 9.56. The van der Waals surface area contributed by atoms with E-state index < -0.39 is 0 Å². The number of ether oxygens (including phenoxy) is 2. The highest BCUT2D eigenvalue weighted by molar-refractivity contribution is 14.0. The molecule has 0 aromatic heterocycles. The van der Waals surface area contributed by atoms with Gasteiger partial charge >= 0.3 is 0 Å². The molecule has 0 aliphatic carbocycles. The molecule has 164 valence electrons. The Morgan fingerprint density at radius 1 is 1.07 bits per heavy atom.